The standard InChI is InChI=1S/C24H27F2N5O2/c1-23(2)8-14-6-18(30-22(32)17(11-27)21-28-4-3-5-29-21)19(7-20(14)33-23)31-12-15-9-24(25,26)10-16(15)13-31/h3-7,11,15-16H,8-10,12-13,27H2,1-2H3,(H,30,32)/t15-,16+. The highest BCUT2D eigenvalue weighted by atomic mass is 19.3. The Morgan fingerprint density at radius 2 is 1.88 bits per heavy atom. The van der Waals surface area contributed by atoms with Crippen molar-refractivity contribution in [1.82, 2.24) is 9.97 Å². The van der Waals surface area contributed by atoms with E-state index in [0.29, 0.717) is 25.2 Å². The van der Waals surface area contributed by atoms with Crippen molar-refractivity contribution in [1.29, 1.82) is 0 Å². The van der Waals surface area contributed by atoms with Crippen LogP contribution in [0.15, 0.2) is 36.8 Å². The van der Waals surface area contributed by atoms with E-state index in [4.69, 9.17) is 10.5 Å². The van der Waals surface area contributed by atoms with Gasteiger partial charge in [0.15, 0.2) is 5.82 Å². The van der Waals surface area contributed by atoms with Crippen LogP contribution in [0.3, 0.4) is 0 Å². The number of halogens is 2. The highest BCUT2D eigenvalue weighted by molar-refractivity contribution is 6.24. The van der Waals surface area contributed by atoms with Crippen molar-refractivity contribution in [2.75, 3.05) is 23.3 Å². The lowest BCUT2D eigenvalue weighted by molar-refractivity contribution is -0.111. The van der Waals surface area contributed by atoms with Crippen LogP contribution in [0.25, 0.3) is 5.57 Å². The van der Waals surface area contributed by atoms with Gasteiger partial charge in [0.2, 0.25) is 5.92 Å². The molecule has 0 bridgehead atoms. The summed E-state index contributed by atoms with van der Waals surface area (Å²) in [6.45, 7) is 5.06. The molecule has 9 heteroatoms. The zero-order valence-corrected chi connectivity index (χ0v) is 18.6. The minimum atomic E-state index is -2.58. The number of carbonyl (C=O) groups is 1. The molecule has 7 nitrogen and oxygen atoms in total. The van der Waals surface area contributed by atoms with Gasteiger partial charge in [-0.05, 0) is 37.8 Å². The molecule has 1 aromatic heterocycles. The third-order valence-corrected chi connectivity index (χ3v) is 6.69. The maximum atomic E-state index is 13.9. The Hall–Kier alpha value is -3.23. The number of hydrogen-bond acceptors (Lipinski definition) is 6. The first-order valence-electron chi connectivity index (χ1n) is 11.1. The van der Waals surface area contributed by atoms with Crippen molar-refractivity contribution in [2.45, 2.75) is 44.6 Å². The van der Waals surface area contributed by atoms with Crippen LogP contribution in [0, 0.1) is 11.8 Å². The molecule has 3 N–H and O–H groups in total. The van der Waals surface area contributed by atoms with Gasteiger partial charge in [-0.15, -0.1) is 0 Å². The number of nitrogens with two attached hydrogens (primary N) is 1. The van der Waals surface area contributed by atoms with Crippen LogP contribution >= 0.6 is 0 Å². The lowest BCUT2D eigenvalue weighted by Gasteiger charge is -2.25. The Morgan fingerprint density at radius 3 is 2.52 bits per heavy atom. The summed E-state index contributed by atoms with van der Waals surface area (Å²) in [5, 5.41) is 2.96. The first-order chi connectivity index (χ1) is 15.6. The number of anilines is 2. The molecule has 2 atom stereocenters. The molecule has 1 saturated heterocycles. The highest BCUT2D eigenvalue weighted by Gasteiger charge is 2.50. The van der Waals surface area contributed by atoms with Crippen LogP contribution in [0.5, 0.6) is 5.75 Å². The van der Waals surface area contributed by atoms with Crippen molar-refractivity contribution in [2.24, 2.45) is 17.6 Å². The smallest absolute Gasteiger partial charge is 0.261 e. The van der Waals surface area contributed by atoms with E-state index in [-0.39, 0.29) is 41.7 Å². The van der Waals surface area contributed by atoms with Crippen molar-refractivity contribution in [3.05, 3.63) is 48.2 Å². The minimum absolute atomic E-state index is 0.0635. The summed E-state index contributed by atoms with van der Waals surface area (Å²) in [6.07, 6.45) is 4.79. The number of fused-ring (bicyclic) bond motifs is 2. The SMILES string of the molecule is CC1(C)Cc2cc(NC(=O)C(=CN)c3ncccn3)c(N3C[C@@H]4CC(F)(F)C[C@@H]4C3)cc2O1. The predicted octanol–water partition coefficient (Wildman–Crippen LogP) is 3.61. The maximum Gasteiger partial charge on any atom is 0.261 e. The molecular weight excluding hydrogens is 428 g/mol. The Bertz CT molecular complexity index is 1100. The largest absolute Gasteiger partial charge is 0.487 e. The average molecular weight is 456 g/mol. The molecule has 1 amide bonds. The fraction of sp³-hybridized carbons (Fsp3) is 0.458. The summed E-state index contributed by atoms with van der Waals surface area (Å²) >= 11 is 0. The minimum Gasteiger partial charge on any atom is -0.487 e. The van der Waals surface area contributed by atoms with Gasteiger partial charge in [-0.3, -0.25) is 4.79 Å². The van der Waals surface area contributed by atoms with E-state index in [9.17, 15) is 13.6 Å². The lowest BCUT2D eigenvalue weighted by atomic mass is 10.0. The van der Waals surface area contributed by atoms with Crippen LogP contribution < -0.4 is 20.7 Å². The van der Waals surface area contributed by atoms with Gasteiger partial charge in [0.05, 0.1) is 16.9 Å². The molecule has 3 heterocycles. The molecule has 1 saturated carbocycles. The van der Waals surface area contributed by atoms with Gasteiger partial charge >= 0.3 is 0 Å². The quantitative estimate of drug-likeness (QED) is 0.685. The second-order valence-electron chi connectivity index (χ2n) is 9.81. The van der Waals surface area contributed by atoms with E-state index in [1.54, 1.807) is 6.07 Å². The first kappa shape index (κ1) is 21.6. The van der Waals surface area contributed by atoms with Gasteiger partial charge in [0, 0.05) is 62.6 Å². The van der Waals surface area contributed by atoms with Crippen molar-refractivity contribution in [3.63, 3.8) is 0 Å². The third kappa shape index (κ3) is 4.12. The van der Waals surface area contributed by atoms with Crippen LogP contribution in [0.4, 0.5) is 20.2 Å². The van der Waals surface area contributed by atoms with Crippen LogP contribution in [0.1, 0.15) is 38.1 Å². The molecular formula is C24H27F2N5O2. The van der Waals surface area contributed by atoms with Gasteiger partial charge in [-0.25, -0.2) is 18.7 Å². The average Bonchev–Trinajstić information content (AvgIpc) is 3.34. The van der Waals surface area contributed by atoms with Gasteiger partial charge in [-0.2, -0.15) is 0 Å². The maximum absolute atomic E-state index is 13.9. The second-order valence-corrected chi connectivity index (χ2v) is 9.81. The van der Waals surface area contributed by atoms with E-state index in [0.717, 1.165) is 17.0 Å². The van der Waals surface area contributed by atoms with Crippen molar-refractivity contribution >= 4 is 22.9 Å². The van der Waals surface area contributed by atoms with E-state index < -0.39 is 11.8 Å². The lowest BCUT2D eigenvalue weighted by Crippen LogP contribution is -2.26. The third-order valence-electron chi connectivity index (χ3n) is 6.69. The van der Waals surface area contributed by atoms with Gasteiger partial charge in [0.1, 0.15) is 11.4 Å². The van der Waals surface area contributed by atoms with Crippen molar-refractivity contribution < 1.29 is 18.3 Å². The Balaban J connectivity index is 1.46. The molecule has 0 radical (unpaired) electrons. The molecule has 2 aliphatic heterocycles. The van der Waals surface area contributed by atoms with E-state index >= 15 is 0 Å². The number of hydrogen-bond donors (Lipinski definition) is 2. The molecule has 33 heavy (non-hydrogen) atoms. The Labute approximate surface area is 191 Å². The van der Waals surface area contributed by atoms with Crippen molar-refractivity contribution in [3.8, 4) is 5.75 Å². The summed E-state index contributed by atoms with van der Waals surface area (Å²) in [5.41, 5.74) is 7.87. The van der Waals surface area contributed by atoms with Crippen LogP contribution in [-0.2, 0) is 11.2 Å². The zero-order chi connectivity index (χ0) is 23.4. The molecule has 0 unspecified atom stereocenters. The monoisotopic (exact) mass is 455 g/mol. The highest BCUT2D eigenvalue weighted by Crippen LogP contribution is 2.50. The summed E-state index contributed by atoms with van der Waals surface area (Å²) < 4.78 is 33.9. The number of benzene rings is 1. The molecule has 0 spiro atoms. The number of nitrogens with one attached hydrogen (secondary N) is 1. The topological polar surface area (TPSA) is 93.4 Å². The number of ether oxygens (including phenoxy) is 1. The molecule has 2 fully saturated rings. The Kier molecular flexibility index (Phi) is 5.02. The number of carbonyl (C=O) groups excluding carboxylic acids is 1. The van der Waals surface area contributed by atoms with Gasteiger partial charge in [0.25, 0.3) is 5.91 Å². The van der Waals surface area contributed by atoms with E-state index in [2.05, 4.69) is 20.2 Å². The van der Waals surface area contributed by atoms with Crippen LogP contribution in [0.2, 0.25) is 0 Å². The summed E-state index contributed by atoms with van der Waals surface area (Å²) in [7, 11) is 0. The van der Waals surface area contributed by atoms with Crippen LogP contribution in [-0.4, -0.2) is 40.5 Å². The summed E-state index contributed by atoms with van der Waals surface area (Å²) in [4.78, 5) is 23.5. The van der Waals surface area contributed by atoms with Gasteiger partial charge < -0.3 is 20.7 Å². The number of aromatic nitrogens is 2. The summed E-state index contributed by atoms with van der Waals surface area (Å²) in [5.74, 6) is -2.16. The molecule has 3 aliphatic rings. The van der Waals surface area contributed by atoms with E-state index in [1.807, 2.05) is 26.0 Å². The fourth-order valence-corrected chi connectivity index (χ4v) is 5.33. The fourth-order valence-electron chi connectivity index (χ4n) is 5.33. The van der Waals surface area contributed by atoms with Gasteiger partial charge in [-0.1, -0.05) is 0 Å². The number of rotatable bonds is 4. The number of alkyl halides is 2. The zero-order valence-electron chi connectivity index (χ0n) is 18.6. The first-order valence-corrected chi connectivity index (χ1v) is 11.1. The number of amides is 1. The number of nitrogens with zero attached hydrogens (tertiary/aromatic N) is 3. The second kappa shape index (κ2) is 7.67. The molecule has 1 aromatic carbocycles. The molecule has 2 aromatic rings. The molecule has 174 valence electrons. The predicted molar refractivity (Wildman–Crippen MR) is 121 cm³/mol. The summed E-state index contributed by atoms with van der Waals surface area (Å²) in [6, 6.07) is 5.49. The molecule has 1 aliphatic carbocycles. The molecule has 5 rings (SSSR count). The Morgan fingerprint density at radius 1 is 1.21 bits per heavy atom. The normalized spacial score (nSPS) is 24.8. The van der Waals surface area contributed by atoms with E-state index in [1.165, 1.54) is 18.6 Å².